The van der Waals surface area contributed by atoms with Crippen LogP contribution in [0.25, 0.3) is 16.9 Å². The number of thiol groups is 1. The summed E-state index contributed by atoms with van der Waals surface area (Å²) in [7, 11) is 0. The van der Waals surface area contributed by atoms with Gasteiger partial charge < -0.3 is 10.2 Å². The number of aromatic hydroxyl groups is 2. The Hall–Kier alpha value is -2.18. The summed E-state index contributed by atoms with van der Waals surface area (Å²) in [6.45, 7) is 0. The molecule has 0 fully saturated rings. The Morgan fingerprint density at radius 2 is 1.76 bits per heavy atom. The molecule has 0 saturated carbocycles. The molecular weight excluding hydrogens is 310 g/mol. The molecule has 7 heteroatoms. The van der Waals surface area contributed by atoms with E-state index in [1.54, 1.807) is 18.2 Å². The van der Waals surface area contributed by atoms with E-state index in [2.05, 4.69) is 22.9 Å². The van der Waals surface area contributed by atoms with Crippen molar-refractivity contribution in [3.63, 3.8) is 0 Å². The number of halogens is 1. The number of benzene rings is 2. The van der Waals surface area contributed by atoms with Gasteiger partial charge in [-0.25, -0.2) is 4.68 Å². The highest BCUT2D eigenvalue weighted by atomic mass is 35.5. The van der Waals surface area contributed by atoms with Crippen molar-refractivity contribution in [2.75, 3.05) is 0 Å². The van der Waals surface area contributed by atoms with Crippen molar-refractivity contribution in [3.05, 3.63) is 47.5 Å². The first-order valence-electron chi connectivity index (χ1n) is 5.99. The van der Waals surface area contributed by atoms with Gasteiger partial charge in [0.2, 0.25) is 0 Å². The first-order valence-corrected chi connectivity index (χ1v) is 6.82. The van der Waals surface area contributed by atoms with Crippen LogP contribution in [-0.4, -0.2) is 25.2 Å². The van der Waals surface area contributed by atoms with Crippen LogP contribution in [0.15, 0.2) is 47.5 Å². The molecule has 0 aliphatic carbocycles. The van der Waals surface area contributed by atoms with E-state index in [0.717, 1.165) is 5.56 Å². The number of hydrogen-bond donors (Lipinski definition) is 3. The summed E-state index contributed by atoms with van der Waals surface area (Å²) in [6.07, 6.45) is 0. The number of rotatable bonds is 2. The maximum atomic E-state index is 9.97. The Morgan fingerprint density at radius 1 is 1.05 bits per heavy atom. The van der Waals surface area contributed by atoms with Crippen LogP contribution >= 0.6 is 24.2 Å². The topological polar surface area (TPSA) is 71.2 Å². The molecular formula is C14H10ClN3O2S. The molecule has 0 aliphatic heterocycles. The molecule has 21 heavy (non-hydrogen) atoms. The lowest BCUT2D eigenvalue weighted by Crippen LogP contribution is -1.99. The Kier molecular flexibility index (Phi) is 3.48. The third-order valence-corrected chi connectivity index (χ3v) is 3.51. The van der Waals surface area contributed by atoms with Crippen molar-refractivity contribution >= 4 is 24.2 Å². The van der Waals surface area contributed by atoms with Crippen LogP contribution < -0.4 is 0 Å². The third-order valence-electron chi connectivity index (χ3n) is 2.96. The van der Waals surface area contributed by atoms with Crippen LogP contribution in [0.1, 0.15) is 0 Å². The van der Waals surface area contributed by atoms with Crippen molar-refractivity contribution in [2.24, 2.45) is 0 Å². The van der Waals surface area contributed by atoms with Gasteiger partial charge in [-0.1, -0.05) is 28.9 Å². The summed E-state index contributed by atoms with van der Waals surface area (Å²) in [6, 6.07) is 11.4. The average molecular weight is 320 g/mol. The Balaban J connectivity index is 2.19. The minimum absolute atomic E-state index is 0.0319. The molecule has 0 unspecified atom stereocenters. The van der Waals surface area contributed by atoms with E-state index in [4.69, 9.17) is 11.6 Å². The fourth-order valence-electron chi connectivity index (χ4n) is 1.99. The molecule has 0 atom stereocenters. The SMILES string of the molecule is Oc1ccc(-n2nnc(S)c2-c2ccc(Cl)cc2)c(O)c1. The predicted molar refractivity (Wildman–Crippen MR) is 82.4 cm³/mol. The maximum Gasteiger partial charge on any atom is 0.145 e. The van der Waals surface area contributed by atoms with Crippen molar-refractivity contribution in [1.29, 1.82) is 0 Å². The van der Waals surface area contributed by atoms with E-state index in [0.29, 0.717) is 21.4 Å². The number of hydrogen-bond acceptors (Lipinski definition) is 5. The first-order chi connectivity index (χ1) is 10.1. The number of phenols is 2. The quantitative estimate of drug-likeness (QED) is 0.634. The molecule has 1 aromatic heterocycles. The van der Waals surface area contributed by atoms with Gasteiger partial charge in [0.05, 0.1) is 0 Å². The second-order valence-electron chi connectivity index (χ2n) is 4.35. The van der Waals surface area contributed by atoms with Gasteiger partial charge in [-0.3, -0.25) is 0 Å². The first kappa shape index (κ1) is 13.8. The van der Waals surface area contributed by atoms with Gasteiger partial charge in [0, 0.05) is 16.7 Å². The van der Waals surface area contributed by atoms with Crippen LogP contribution in [0, 0.1) is 0 Å². The monoisotopic (exact) mass is 319 g/mol. The summed E-state index contributed by atoms with van der Waals surface area (Å²) in [5.41, 5.74) is 1.82. The highest BCUT2D eigenvalue weighted by molar-refractivity contribution is 7.80. The van der Waals surface area contributed by atoms with Crippen LogP contribution in [0.2, 0.25) is 5.02 Å². The summed E-state index contributed by atoms with van der Waals surface area (Å²) < 4.78 is 1.46. The van der Waals surface area contributed by atoms with Crippen LogP contribution in [0.4, 0.5) is 0 Å². The van der Waals surface area contributed by atoms with E-state index in [1.807, 2.05) is 12.1 Å². The normalized spacial score (nSPS) is 10.8. The number of nitrogens with zero attached hydrogens (tertiary/aromatic N) is 3. The van der Waals surface area contributed by atoms with Crippen molar-refractivity contribution in [1.82, 2.24) is 15.0 Å². The molecule has 106 valence electrons. The zero-order valence-corrected chi connectivity index (χ0v) is 12.3. The van der Waals surface area contributed by atoms with Gasteiger partial charge in [0.15, 0.2) is 0 Å². The zero-order chi connectivity index (χ0) is 15.0. The van der Waals surface area contributed by atoms with Gasteiger partial charge in [-0.2, -0.15) is 0 Å². The molecule has 2 aromatic carbocycles. The molecule has 0 radical (unpaired) electrons. The van der Waals surface area contributed by atoms with Crippen LogP contribution in [-0.2, 0) is 0 Å². The van der Waals surface area contributed by atoms with Crippen molar-refractivity contribution < 1.29 is 10.2 Å². The molecule has 3 aromatic rings. The van der Waals surface area contributed by atoms with E-state index in [1.165, 1.54) is 16.8 Å². The van der Waals surface area contributed by atoms with Gasteiger partial charge >= 0.3 is 0 Å². The van der Waals surface area contributed by atoms with Gasteiger partial charge in [-0.15, -0.1) is 17.7 Å². The van der Waals surface area contributed by atoms with Crippen molar-refractivity contribution in [2.45, 2.75) is 5.03 Å². The van der Waals surface area contributed by atoms with Gasteiger partial charge in [0.1, 0.15) is 27.9 Å². The highest BCUT2D eigenvalue weighted by Crippen LogP contribution is 2.32. The molecule has 0 aliphatic rings. The molecule has 0 bridgehead atoms. The molecule has 1 heterocycles. The zero-order valence-electron chi connectivity index (χ0n) is 10.6. The van der Waals surface area contributed by atoms with Gasteiger partial charge in [0.25, 0.3) is 0 Å². The highest BCUT2D eigenvalue weighted by Gasteiger charge is 2.16. The Labute approximate surface area is 130 Å². The second-order valence-corrected chi connectivity index (χ2v) is 5.21. The summed E-state index contributed by atoms with van der Waals surface area (Å²) in [5.74, 6) is -0.140. The summed E-state index contributed by atoms with van der Waals surface area (Å²) >= 11 is 10.2. The summed E-state index contributed by atoms with van der Waals surface area (Å²) in [4.78, 5) is 0. The largest absolute Gasteiger partial charge is 0.508 e. The minimum Gasteiger partial charge on any atom is -0.508 e. The standard InChI is InChI=1S/C14H10ClN3O2S/c15-9-3-1-8(2-4-9)13-14(21)16-17-18(13)11-6-5-10(19)7-12(11)20/h1-7,19-21H. The van der Waals surface area contributed by atoms with Crippen molar-refractivity contribution in [3.8, 4) is 28.4 Å². The molecule has 3 rings (SSSR count). The second kappa shape index (κ2) is 5.31. The average Bonchev–Trinajstić information content (AvgIpc) is 2.82. The Bertz CT molecular complexity index is 802. The third kappa shape index (κ3) is 2.55. The summed E-state index contributed by atoms with van der Waals surface area (Å²) in [5, 5.41) is 28.3. The van der Waals surface area contributed by atoms with Crippen LogP contribution in [0.5, 0.6) is 11.5 Å². The lowest BCUT2D eigenvalue weighted by atomic mass is 10.1. The fourth-order valence-corrected chi connectivity index (χ4v) is 2.38. The molecule has 0 spiro atoms. The molecule has 2 N–H and O–H groups in total. The van der Waals surface area contributed by atoms with E-state index in [-0.39, 0.29) is 11.5 Å². The Morgan fingerprint density at radius 3 is 2.43 bits per heavy atom. The lowest BCUT2D eigenvalue weighted by Gasteiger charge is -2.09. The number of aromatic nitrogens is 3. The smallest absolute Gasteiger partial charge is 0.145 e. The van der Waals surface area contributed by atoms with E-state index in [9.17, 15) is 10.2 Å². The van der Waals surface area contributed by atoms with E-state index < -0.39 is 0 Å². The lowest BCUT2D eigenvalue weighted by molar-refractivity contribution is 0.447. The minimum atomic E-state index is -0.108. The van der Waals surface area contributed by atoms with Crippen LogP contribution in [0.3, 0.4) is 0 Å². The fraction of sp³-hybridized carbons (Fsp3) is 0. The maximum absolute atomic E-state index is 9.97. The predicted octanol–water partition coefficient (Wildman–Crippen LogP) is 3.29. The number of phenolic OH excluding ortho intramolecular Hbond substituents is 2. The van der Waals surface area contributed by atoms with Gasteiger partial charge in [-0.05, 0) is 24.3 Å². The van der Waals surface area contributed by atoms with E-state index >= 15 is 0 Å². The molecule has 0 saturated heterocycles. The molecule has 5 nitrogen and oxygen atoms in total. The molecule has 0 amide bonds.